The lowest BCUT2D eigenvalue weighted by Gasteiger charge is -2.30. The van der Waals surface area contributed by atoms with Crippen molar-refractivity contribution in [3.63, 3.8) is 0 Å². The van der Waals surface area contributed by atoms with Crippen LogP contribution in [0.2, 0.25) is 0 Å². The third-order valence-corrected chi connectivity index (χ3v) is 5.50. The highest BCUT2D eigenvalue weighted by atomic mass is 32.2. The zero-order chi connectivity index (χ0) is 16.4. The Morgan fingerprint density at radius 2 is 1.74 bits per heavy atom. The van der Waals surface area contributed by atoms with Crippen LogP contribution in [0.4, 0.5) is 5.69 Å². The van der Waals surface area contributed by atoms with Crippen molar-refractivity contribution in [2.45, 2.75) is 25.4 Å². The normalized spacial score (nSPS) is 19.8. The third kappa shape index (κ3) is 3.35. The monoisotopic (exact) mass is 328 g/mol. The highest BCUT2D eigenvalue weighted by Crippen LogP contribution is 2.31. The first-order valence-corrected chi connectivity index (χ1v) is 9.45. The summed E-state index contributed by atoms with van der Waals surface area (Å²) in [4.78, 5) is 4.55. The zero-order valence-corrected chi connectivity index (χ0v) is 14.1. The Morgan fingerprint density at radius 1 is 1.09 bits per heavy atom. The summed E-state index contributed by atoms with van der Waals surface area (Å²) in [5.74, 6) is 0.0176. The highest BCUT2D eigenvalue weighted by Gasteiger charge is 2.32. The molecule has 0 radical (unpaired) electrons. The number of benzene rings is 2. The molecule has 2 aromatic rings. The zero-order valence-electron chi connectivity index (χ0n) is 13.3. The van der Waals surface area contributed by atoms with Crippen LogP contribution in [-0.2, 0) is 16.6 Å². The van der Waals surface area contributed by atoms with Crippen LogP contribution in [0.25, 0.3) is 0 Å². The van der Waals surface area contributed by atoms with Crippen molar-refractivity contribution in [3.05, 3.63) is 65.7 Å². The van der Waals surface area contributed by atoms with Gasteiger partial charge in [0.2, 0.25) is 10.0 Å². The van der Waals surface area contributed by atoms with Crippen LogP contribution < -0.4 is 0 Å². The lowest BCUT2D eigenvalue weighted by atomic mass is 9.94. The first-order chi connectivity index (χ1) is 11.0. The second-order valence-corrected chi connectivity index (χ2v) is 7.84. The average Bonchev–Trinajstić information content (AvgIpc) is 2.74. The Kier molecular flexibility index (Phi) is 4.33. The quantitative estimate of drug-likeness (QED) is 0.867. The summed E-state index contributed by atoms with van der Waals surface area (Å²) in [7, 11) is -3.35. The molecule has 1 unspecified atom stereocenters. The lowest BCUT2D eigenvalue weighted by Crippen LogP contribution is -2.42. The Balaban J connectivity index is 2.04. The maximum Gasteiger partial charge on any atom is 0.212 e. The van der Waals surface area contributed by atoms with Crippen molar-refractivity contribution >= 4 is 21.9 Å². The minimum atomic E-state index is -3.35. The van der Waals surface area contributed by atoms with E-state index in [-0.39, 0.29) is 12.0 Å². The number of aliphatic imine (C=N–C) groups is 1. The van der Waals surface area contributed by atoms with E-state index >= 15 is 0 Å². The maximum absolute atomic E-state index is 12.4. The second kappa shape index (κ2) is 6.26. The van der Waals surface area contributed by atoms with Crippen molar-refractivity contribution < 1.29 is 8.42 Å². The molecule has 0 spiro atoms. The molecule has 120 valence electrons. The smallest absolute Gasteiger partial charge is 0.212 e. The van der Waals surface area contributed by atoms with Crippen LogP contribution in [0.1, 0.15) is 24.0 Å². The van der Waals surface area contributed by atoms with Crippen molar-refractivity contribution in [1.29, 1.82) is 0 Å². The Morgan fingerprint density at radius 3 is 2.43 bits per heavy atom. The summed E-state index contributed by atoms with van der Waals surface area (Å²) in [5, 5.41) is 0. The fraction of sp³-hybridized carbons (Fsp3) is 0.278. The first-order valence-electron chi connectivity index (χ1n) is 7.60. The van der Waals surface area contributed by atoms with Gasteiger partial charge in [-0.05, 0) is 17.2 Å². The highest BCUT2D eigenvalue weighted by molar-refractivity contribution is 7.88. The van der Waals surface area contributed by atoms with E-state index < -0.39 is 10.0 Å². The van der Waals surface area contributed by atoms with Gasteiger partial charge < -0.3 is 0 Å². The number of hydrogen-bond donors (Lipinski definition) is 0. The number of sulfonamides is 1. The van der Waals surface area contributed by atoms with Crippen molar-refractivity contribution in [2.24, 2.45) is 4.99 Å². The molecule has 0 aliphatic carbocycles. The van der Waals surface area contributed by atoms with Crippen molar-refractivity contribution in [1.82, 2.24) is 4.31 Å². The van der Waals surface area contributed by atoms with Gasteiger partial charge >= 0.3 is 0 Å². The van der Waals surface area contributed by atoms with Crippen molar-refractivity contribution in [3.8, 4) is 0 Å². The summed E-state index contributed by atoms with van der Waals surface area (Å²) in [6.45, 7) is 2.39. The molecule has 1 aliphatic heterocycles. The van der Waals surface area contributed by atoms with Crippen LogP contribution in [0, 0.1) is 0 Å². The van der Waals surface area contributed by atoms with Crippen molar-refractivity contribution in [2.75, 3.05) is 6.26 Å². The number of para-hydroxylation sites is 1. The molecule has 0 saturated heterocycles. The molecule has 2 atom stereocenters. The average molecular weight is 328 g/mol. The molecule has 1 aliphatic rings. The third-order valence-electron chi connectivity index (χ3n) is 4.28. The van der Waals surface area contributed by atoms with Crippen LogP contribution >= 0.6 is 0 Å². The van der Waals surface area contributed by atoms with E-state index in [1.165, 1.54) is 6.26 Å². The van der Waals surface area contributed by atoms with Crippen LogP contribution in [0.3, 0.4) is 0 Å². The number of hydrogen-bond acceptors (Lipinski definition) is 3. The summed E-state index contributed by atoms with van der Waals surface area (Å²) in [6, 6.07) is 17.3. The van der Waals surface area contributed by atoms with E-state index in [2.05, 4.69) is 4.99 Å². The Labute approximate surface area is 137 Å². The molecule has 0 amide bonds. The van der Waals surface area contributed by atoms with Gasteiger partial charge in [-0.3, -0.25) is 4.99 Å². The van der Waals surface area contributed by atoms with E-state index in [1.54, 1.807) is 10.5 Å². The van der Waals surface area contributed by atoms with E-state index in [0.29, 0.717) is 6.54 Å². The Bertz CT molecular complexity index is 816. The minimum Gasteiger partial charge on any atom is -0.259 e. The van der Waals surface area contributed by atoms with Gasteiger partial charge in [-0.1, -0.05) is 55.5 Å². The van der Waals surface area contributed by atoms with Gasteiger partial charge in [0.1, 0.15) is 0 Å². The number of fused-ring (bicyclic) bond motifs is 1. The molecule has 4 nitrogen and oxygen atoms in total. The molecule has 0 fully saturated rings. The SMILES string of the molecule is C[C@H](c1ccccc1)C1C=Nc2ccccc2CN1S(C)(=O)=O. The van der Waals surface area contributed by atoms with E-state index in [0.717, 1.165) is 16.8 Å². The molecule has 0 N–H and O–H groups in total. The first kappa shape index (κ1) is 15.9. The van der Waals surface area contributed by atoms with Gasteiger partial charge in [-0.25, -0.2) is 8.42 Å². The molecular weight excluding hydrogens is 308 g/mol. The molecule has 1 heterocycles. The fourth-order valence-electron chi connectivity index (χ4n) is 2.95. The summed E-state index contributed by atoms with van der Waals surface area (Å²) in [6.07, 6.45) is 3.03. The van der Waals surface area contributed by atoms with Gasteiger partial charge in [0, 0.05) is 18.7 Å². The van der Waals surface area contributed by atoms with Crippen LogP contribution in [0.5, 0.6) is 0 Å². The molecule has 0 aromatic heterocycles. The maximum atomic E-state index is 12.4. The van der Waals surface area contributed by atoms with Gasteiger partial charge in [0.25, 0.3) is 0 Å². The molecular formula is C18H20N2O2S. The summed E-state index contributed by atoms with van der Waals surface area (Å²) in [5.41, 5.74) is 2.87. The van der Waals surface area contributed by atoms with Gasteiger partial charge in [-0.15, -0.1) is 0 Å². The van der Waals surface area contributed by atoms with E-state index in [4.69, 9.17) is 0 Å². The molecule has 3 rings (SSSR count). The number of nitrogens with zero attached hydrogens (tertiary/aromatic N) is 2. The van der Waals surface area contributed by atoms with Gasteiger partial charge in [0.05, 0.1) is 18.0 Å². The fourth-order valence-corrected chi connectivity index (χ4v) is 4.00. The van der Waals surface area contributed by atoms with Gasteiger partial charge in [0.15, 0.2) is 0 Å². The molecule has 5 heteroatoms. The number of rotatable bonds is 3. The molecule has 0 saturated carbocycles. The van der Waals surface area contributed by atoms with E-state index in [9.17, 15) is 8.42 Å². The summed E-state index contributed by atoms with van der Waals surface area (Å²) >= 11 is 0. The van der Waals surface area contributed by atoms with E-state index in [1.807, 2.05) is 61.5 Å². The standard InChI is InChI=1S/C18H20N2O2S/c1-14(15-8-4-3-5-9-15)18-12-19-17-11-7-6-10-16(17)13-20(18)23(2,21)22/h3-12,14,18H,13H2,1-2H3/t14-,18?/m1/s1. The lowest BCUT2D eigenvalue weighted by molar-refractivity contribution is 0.350. The largest absolute Gasteiger partial charge is 0.259 e. The predicted octanol–water partition coefficient (Wildman–Crippen LogP) is 3.34. The second-order valence-electron chi connectivity index (χ2n) is 5.91. The summed E-state index contributed by atoms with van der Waals surface area (Å²) < 4.78 is 26.3. The topological polar surface area (TPSA) is 49.7 Å². The van der Waals surface area contributed by atoms with Crippen LogP contribution in [-0.4, -0.2) is 31.2 Å². The Hall–Kier alpha value is -1.98. The van der Waals surface area contributed by atoms with Gasteiger partial charge in [-0.2, -0.15) is 4.31 Å². The molecule has 2 aromatic carbocycles. The molecule has 0 bridgehead atoms. The molecule has 23 heavy (non-hydrogen) atoms. The van der Waals surface area contributed by atoms with Crippen LogP contribution in [0.15, 0.2) is 59.6 Å². The predicted molar refractivity (Wildman–Crippen MR) is 93.6 cm³/mol. The minimum absolute atomic E-state index is 0.0176.